The number of carbonyl (C=O) groups excluding carboxylic acids is 1. The number of halogens is 2. The molecule has 3 N–H and O–H groups in total. The Kier molecular flexibility index (Phi) is 4.90. The number of aromatic amines is 1. The first-order chi connectivity index (χ1) is 12.0. The highest BCUT2D eigenvalue weighted by atomic mass is 19.3. The first kappa shape index (κ1) is 16.8. The highest BCUT2D eigenvalue weighted by Crippen LogP contribution is 2.21. The Hall–Kier alpha value is -3.00. The zero-order valence-electron chi connectivity index (χ0n) is 12.9. The molecule has 130 valence electrons. The molecule has 0 aliphatic heterocycles. The monoisotopic (exact) mass is 347 g/mol. The van der Waals surface area contributed by atoms with E-state index in [2.05, 4.69) is 20.3 Å². The topological polar surface area (TPSA) is 87.2 Å². The molecule has 0 spiro atoms. The lowest BCUT2D eigenvalue weighted by Crippen LogP contribution is -2.28. The van der Waals surface area contributed by atoms with Gasteiger partial charge >= 0.3 is 6.61 Å². The lowest BCUT2D eigenvalue weighted by atomic mass is 10.1. The number of ether oxygens (including phenoxy) is 1. The molecule has 1 atom stereocenters. The molecule has 0 aliphatic rings. The lowest BCUT2D eigenvalue weighted by molar-refractivity contribution is -0.0499. The van der Waals surface area contributed by atoms with Crippen LogP contribution in [-0.4, -0.2) is 34.4 Å². The Morgan fingerprint density at radius 3 is 2.84 bits per heavy atom. The van der Waals surface area contributed by atoms with Crippen LogP contribution in [-0.2, 0) is 0 Å². The second-order valence-electron chi connectivity index (χ2n) is 5.29. The van der Waals surface area contributed by atoms with E-state index in [9.17, 15) is 18.7 Å². The number of hydrogen-bond donors (Lipinski definition) is 3. The van der Waals surface area contributed by atoms with E-state index >= 15 is 0 Å². The van der Waals surface area contributed by atoms with E-state index in [0.29, 0.717) is 10.9 Å². The molecule has 1 unspecified atom stereocenters. The molecule has 0 bridgehead atoms. The fourth-order valence-electron chi connectivity index (χ4n) is 2.43. The highest BCUT2D eigenvalue weighted by molar-refractivity contribution is 6.04. The number of aliphatic hydroxyl groups excluding tert-OH is 1. The van der Waals surface area contributed by atoms with Crippen LogP contribution in [0.2, 0.25) is 0 Å². The number of aliphatic hydroxyl groups is 1. The summed E-state index contributed by atoms with van der Waals surface area (Å²) in [7, 11) is 0. The first-order valence-electron chi connectivity index (χ1n) is 7.48. The van der Waals surface area contributed by atoms with Gasteiger partial charge in [-0.15, -0.1) is 0 Å². The van der Waals surface area contributed by atoms with Gasteiger partial charge in [-0.25, -0.2) is 0 Å². The summed E-state index contributed by atoms with van der Waals surface area (Å²) in [6.45, 7) is -3.04. The normalized spacial score (nSPS) is 12.3. The van der Waals surface area contributed by atoms with Crippen LogP contribution in [0.4, 0.5) is 8.78 Å². The Balaban J connectivity index is 1.66. The standard InChI is InChI=1S/C17H15F2N3O3/c18-17(19)25-11-5-3-4-10(8-11)14(23)9-20-16(24)15-12-6-1-2-7-13(12)21-22-15/h1-8,14,17,23H,9H2,(H,20,24)(H,21,22). The SMILES string of the molecule is O=C(NCC(O)c1cccc(OC(F)F)c1)c1n[nH]c2ccccc12. The number of aromatic nitrogens is 2. The smallest absolute Gasteiger partial charge is 0.387 e. The van der Waals surface area contributed by atoms with Gasteiger partial charge in [0.1, 0.15) is 5.75 Å². The van der Waals surface area contributed by atoms with Crippen LogP contribution in [0.15, 0.2) is 48.5 Å². The van der Waals surface area contributed by atoms with Crippen LogP contribution in [0.5, 0.6) is 5.75 Å². The predicted molar refractivity (Wildman–Crippen MR) is 86.5 cm³/mol. The zero-order valence-corrected chi connectivity index (χ0v) is 12.9. The molecule has 25 heavy (non-hydrogen) atoms. The number of para-hydroxylation sites is 1. The minimum Gasteiger partial charge on any atom is -0.435 e. The summed E-state index contributed by atoms with van der Waals surface area (Å²) >= 11 is 0. The fraction of sp³-hybridized carbons (Fsp3) is 0.176. The maximum absolute atomic E-state index is 12.2. The summed E-state index contributed by atoms with van der Waals surface area (Å²) in [6, 6.07) is 12.9. The Morgan fingerprint density at radius 2 is 2.04 bits per heavy atom. The summed E-state index contributed by atoms with van der Waals surface area (Å²) in [4.78, 5) is 12.2. The Labute approximate surface area is 141 Å². The van der Waals surface area contributed by atoms with Crippen molar-refractivity contribution < 1.29 is 23.4 Å². The first-order valence-corrected chi connectivity index (χ1v) is 7.48. The molecule has 0 radical (unpaired) electrons. The van der Waals surface area contributed by atoms with Crippen LogP contribution < -0.4 is 10.1 Å². The average molecular weight is 347 g/mol. The average Bonchev–Trinajstić information content (AvgIpc) is 3.03. The van der Waals surface area contributed by atoms with Crippen molar-refractivity contribution in [2.24, 2.45) is 0 Å². The van der Waals surface area contributed by atoms with Crippen LogP contribution in [0, 0.1) is 0 Å². The number of rotatable bonds is 6. The van der Waals surface area contributed by atoms with Gasteiger partial charge in [-0.3, -0.25) is 9.89 Å². The van der Waals surface area contributed by atoms with E-state index in [1.807, 2.05) is 6.07 Å². The molecular weight excluding hydrogens is 332 g/mol. The number of amides is 1. The maximum atomic E-state index is 12.2. The summed E-state index contributed by atoms with van der Waals surface area (Å²) in [5, 5.41) is 20.1. The summed E-state index contributed by atoms with van der Waals surface area (Å²) in [5.74, 6) is -0.507. The number of carbonyl (C=O) groups is 1. The van der Waals surface area contributed by atoms with Crippen molar-refractivity contribution >= 4 is 16.8 Å². The summed E-state index contributed by atoms with van der Waals surface area (Å²) in [6.07, 6.45) is -1.07. The van der Waals surface area contributed by atoms with Gasteiger partial charge in [0.05, 0.1) is 11.6 Å². The number of alkyl halides is 2. The van der Waals surface area contributed by atoms with E-state index in [1.54, 1.807) is 24.3 Å². The van der Waals surface area contributed by atoms with Crippen molar-refractivity contribution in [2.45, 2.75) is 12.7 Å². The second-order valence-corrected chi connectivity index (χ2v) is 5.29. The van der Waals surface area contributed by atoms with E-state index in [-0.39, 0.29) is 18.0 Å². The van der Waals surface area contributed by atoms with Crippen molar-refractivity contribution in [3.63, 3.8) is 0 Å². The lowest BCUT2D eigenvalue weighted by Gasteiger charge is -2.13. The van der Waals surface area contributed by atoms with Gasteiger partial charge in [-0.05, 0) is 23.8 Å². The van der Waals surface area contributed by atoms with Crippen LogP contribution in [0.1, 0.15) is 22.2 Å². The van der Waals surface area contributed by atoms with E-state index in [4.69, 9.17) is 0 Å². The van der Waals surface area contributed by atoms with E-state index < -0.39 is 18.6 Å². The molecular formula is C17H15F2N3O3. The molecule has 6 nitrogen and oxygen atoms in total. The van der Waals surface area contributed by atoms with Crippen molar-refractivity contribution in [1.82, 2.24) is 15.5 Å². The largest absolute Gasteiger partial charge is 0.435 e. The Morgan fingerprint density at radius 1 is 1.24 bits per heavy atom. The Bertz CT molecular complexity index is 882. The van der Waals surface area contributed by atoms with Crippen molar-refractivity contribution in [3.8, 4) is 5.75 Å². The summed E-state index contributed by atoms with van der Waals surface area (Å²) in [5.41, 5.74) is 1.30. The van der Waals surface area contributed by atoms with E-state index in [0.717, 1.165) is 5.52 Å². The van der Waals surface area contributed by atoms with Gasteiger partial charge in [-0.1, -0.05) is 30.3 Å². The van der Waals surface area contributed by atoms with Crippen molar-refractivity contribution in [2.75, 3.05) is 6.54 Å². The molecule has 0 fully saturated rings. The number of H-pyrrole nitrogens is 1. The molecule has 1 aromatic heterocycles. The molecule has 3 rings (SSSR count). The van der Waals surface area contributed by atoms with Gasteiger partial charge in [-0.2, -0.15) is 13.9 Å². The van der Waals surface area contributed by atoms with Gasteiger partial charge in [0, 0.05) is 11.9 Å². The molecule has 0 saturated heterocycles. The highest BCUT2D eigenvalue weighted by Gasteiger charge is 2.16. The minimum atomic E-state index is -2.94. The molecule has 2 aromatic carbocycles. The van der Waals surface area contributed by atoms with Crippen LogP contribution in [0.25, 0.3) is 10.9 Å². The van der Waals surface area contributed by atoms with Gasteiger partial charge in [0.2, 0.25) is 0 Å². The second kappa shape index (κ2) is 7.27. The van der Waals surface area contributed by atoms with Gasteiger partial charge in [0.15, 0.2) is 5.69 Å². The molecule has 3 aromatic rings. The zero-order chi connectivity index (χ0) is 17.8. The predicted octanol–water partition coefficient (Wildman–Crippen LogP) is 2.63. The number of benzene rings is 2. The molecule has 0 aliphatic carbocycles. The van der Waals surface area contributed by atoms with Crippen LogP contribution in [0.3, 0.4) is 0 Å². The number of nitrogens with zero attached hydrogens (tertiary/aromatic N) is 1. The third-order valence-electron chi connectivity index (χ3n) is 3.61. The van der Waals surface area contributed by atoms with Crippen LogP contribution >= 0.6 is 0 Å². The minimum absolute atomic E-state index is 0.0591. The molecule has 8 heteroatoms. The van der Waals surface area contributed by atoms with Crippen molar-refractivity contribution in [3.05, 3.63) is 59.8 Å². The molecule has 1 amide bonds. The number of nitrogens with one attached hydrogen (secondary N) is 2. The fourth-order valence-corrected chi connectivity index (χ4v) is 2.43. The molecule has 1 heterocycles. The van der Waals surface area contributed by atoms with Gasteiger partial charge in [0.25, 0.3) is 5.91 Å². The summed E-state index contributed by atoms with van der Waals surface area (Å²) < 4.78 is 28.8. The number of fused-ring (bicyclic) bond motifs is 1. The number of hydrogen-bond acceptors (Lipinski definition) is 4. The third kappa shape index (κ3) is 3.92. The van der Waals surface area contributed by atoms with Crippen molar-refractivity contribution in [1.29, 1.82) is 0 Å². The van der Waals surface area contributed by atoms with E-state index in [1.165, 1.54) is 18.2 Å². The molecule has 0 saturated carbocycles. The third-order valence-corrected chi connectivity index (χ3v) is 3.61. The maximum Gasteiger partial charge on any atom is 0.387 e. The quantitative estimate of drug-likeness (QED) is 0.640. The van der Waals surface area contributed by atoms with Gasteiger partial charge < -0.3 is 15.2 Å².